The van der Waals surface area contributed by atoms with Crippen LogP contribution in [-0.4, -0.2) is 5.91 Å². The zero-order valence-corrected chi connectivity index (χ0v) is 9.37. The number of primary amides is 1. The highest BCUT2D eigenvalue weighted by Crippen LogP contribution is 2.11. The van der Waals surface area contributed by atoms with E-state index in [9.17, 15) is 4.79 Å². The Morgan fingerprint density at radius 3 is 2.13 bits per heavy atom. The Morgan fingerprint density at radius 2 is 1.67 bits per heavy atom. The number of hydrogen-bond donors (Lipinski definition) is 1. The average molecular weight is 207 g/mol. The molecule has 0 saturated heterocycles. The van der Waals surface area contributed by atoms with Crippen LogP contribution in [-0.2, 0) is 4.79 Å². The normalized spacial score (nSPS) is 11.1. The topological polar surface area (TPSA) is 43.1 Å². The Morgan fingerprint density at radius 1 is 1.07 bits per heavy atom. The molecule has 0 aromatic carbocycles. The molecule has 2 N–H and O–H groups in total. The first-order valence-corrected chi connectivity index (χ1v) is 5.43. The van der Waals surface area contributed by atoms with Crippen molar-refractivity contribution in [2.75, 3.05) is 0 Å². The fourth-order valence-electron chi connectivity index (χ4n) is 1.39. The molecule has 0 aliphatic rings. The maximum absolute atomic E-state index is 10.5. The van der Waals surface area contributed by atoms with E-state index in [1.165, 1.54) is 5.57 Å². The molecule has 15 heavy (non-hydrogen) atoms. The Hall–Kier alpha value is -1.31. The van der Waals surface area contributed by atoms with E-state index in [1.807, 2.05) is 12.2 Å². The van der Waals surface area contributed by atoms with Crippen molar-refractivity contribution >= 4 is 5.91 Å². The van der Waals surface area contributed by atoms with E-state index >= 15 is 0 Å². The Balaban J connectivity index is 3.45. The average Bonchev–Trinajstić information content (AvgIpc) is 2.21. The Kier molecular flexibility index (Phi) is 8.44. The molecule has 0 aromatic heterocycles. The van der Waals surface area contributed by atoms with Crippen LogP contribution in [0.2, 0.25) is 0 Å². The van der Waals surface area contributed by atoms with Gasteiger partial charge in [-0.2, -0.15) is 0 Å². The Labute approximate surface area is 92.6 Å². The van der Waals surface area contributed by atoms with Crippen molar-refractivity contribution in [1.29, 1.82) is 0 Å². The quantitative estimate of drug-likeness (QED) is 0.458. The molecule has 0 aliphatic heterocycles. The van der Waals surface area contributed by atoms with E-state index in [-0.39, 0.29) is 5.91 Å². The van der Waals surface area contributed by atoms with Crippen LogP contribution in [0.4, 0.5) is 0 Å². The van der Waals surface area contributed by atoms with Gasteiger partial charge < -0.3 is 5.73 Å². The molecule has 0 unspecified atom stereocenters. The summed E-state index contributed by atoms with van der Waals surface area (Å²) < 4.78 is 0. The molecular formula is C13H21NO. The van der Waals surface area contributed by atoms with Gasteiger partial charge in [-0.1, -0.05) is 44.2 Å². The molecule has 0 saturated carbocycles. The minimum Gasteiger partial charge on any atom is -0.370 e. The second-order valence-corrected chi connectivity index (χ2v) is 3.56. The van der Waals surface area contributed by atoms with Gasteiger partial charge in [0.1, 0.15) is 0 Å². The first-order chi connectivity index (χ1) is 7.20. The molecule has 0 rings (SSSR count). The number of hydrogen-bond acceptors (Lipinski definition) is 1. The van der Waals surface area contributed by atoms with E-state index in [0.29, 0.717) is 6.42 Å². The number of nitrogens with two attached hydrogens (primary N) is 1. The summed E-state index contributed by atoms with van der Waals surface area (Å²) in [6, 6.07) is 0. The SMILES string of the molecule is C=C/C=C(\C=C)CCCCCCC(N)=O. The molecule has 0 spiro atoms. The summed E-state index contributed by atoms with van der Waals surface area (Å²) >= 11 is 0. The highest BCUT2D eigenvalue weighted by Gasteiger charge is 1.95. The lowest BCUT2D eigenvalue weighted by molar-refractivity contribution is -0.118. The van der Waals surface area contributed by atoms with Gasteiger partial charge in [0.2, 0.25) is 5.91 Å². The first-order valence-electron chi connectivity index (χ1n) is 5.43. The van der Waals surface area contributed by atoms with Gasteiger partial charge in [-0.25, -0.2) is 0 Å². The van der Waals surface area contributed by atoms with Gasteiger partial charge in [-0.15, -0.1) is 0 Å². The third-order valence-corrected chi connectivity index (χ3v) is 2.23. The molecule has 0 atom stereocenters. The smallest absolute Gasteiger partial charge is 0.217 e. The van der Waals surface area contributed by atoms with Crippen molar-refractivity contribution in [3.8, 4) is 0 Å². The summed E-state index contributed by atoms with van der Waals surface area (Å²) in [5.41, 5.74) is 6.27. The molecule has 0 heterocycles. The van der Waals surface area contributed by atoms with Crippen molar-refractivity contribution in [2.45, 2.75) is 38.5 Å². The summed E-state index contributed by atoms with van der Waals surface area (Å²) in [5.74, 6) is -0.201. The Bertz CT molecular complexity index is 241. The van der Waals surface area contributed by atoms with Gasteiger partial charge in [-0.3, -0.25) is 4.79 Å². The van der Waals surface area contributed by atoms with Crippen LogP contribution in [0.1, 0.15) is 38.5 Å². The molecule has 2 heteroatoms. The highest BCUT2D eigenvalue weighted by molar-refractivity contribution is 5.73. The summed E-state index contributed by atoms with van der Waals surface area (Å²) in [7, 11) is 0. The van der Waals surface area contributed by atoms with Gasteiger partial charge in [0.15, 0.2) is 0 Å². The predicted molar refractivity (Wildman–Crippen MR) is 65.4 cm³/mol. The van der Waals surface area contributed by atoms with Gasteiger partial charge in [0.05, 0.1) is 0 Å². The molecular weight excluding hydrogens is 186 g/mol. The molecule has 2 nitrogen and oxygen atoms in total. The molecule has 1 amide bonds. The zero-order valence-electron chi connectivity index (χ0n) is 9.37. The minimum atomic E-state index is -0.201. The third-order valence-electron chi connectivity index (χ3n) is 2.23. The van der Waals surface area contributed by atoms with E-state index in [0.717, 1.165) is 32.1 Å². The van der Waals surface area contributed by atoms with Gasteiger partial charge in [0, 0.05) is 6.42 Å². The molecule has 84 valence electrons. The third kappa shape index (κ3) is 9.01. The van der Waals surface area contributed by atoms with E-state index in [1.54, 1.807) is 6.08 Å². The molecule has 0 fully saturated rings. The van der Waals surface area contributed by atoms with Crippen LogP contribution in [0.3, 0.4) is 0 Å². The number of allylic oxidation sites excluding steroid dienone is 4. The lowest BCUT2D eigenvalue weighted by Crippen LogP contribution is -2.09. The maximum Gasteiger partial charge on any atom is 0.217 e. The summed E-state index contributed by atoms with van der Waals surface area (Å²) in [5, 5.41) is 0. The van der Waals surface area contributed by atoms with Crippen LogP contribution in [0.5, 0.6) is 0 Å². The fourth-order valence-corrected chi connectivity index (χ4v) is 1.39. The van der Waals surface area contributed by atoms with E-state index < -0.39 is 0 Å². The van der Waals surface area contributed by atoms with Crippen molar-refractivity contribution in [3.63, 3.8) is 0 Å². The van der Waals surface area contributed by atoms with Crippen LogP contribution in [0.25, 0.3) is 0 Å². The fraction of sp³-hybridized carbons (Fsp3) is 0.462. The number of unbranched alkanes of at least 4 members (excludes halogenated alkanes) is 3. The first kappa shape index (κ1) is 13.7. The zero-order chi connectivity index (χ0) is 11.5. The molecule has 0 radical (unpaired) electrons. The number of carbonyl (C=O) groups is 1. The lowest BCUT2D eigenvalue weighted by Gasteiger charge is -2.01. The minimum absolute atomic E-state index is 0.201. The molecule has 0 aromatic rings. The van der Waals surface area contributed by atoms with Crippen LogP contribution in [0.15, 0.2) is 37.0 Å². The van der Waals surface area contributed by atoms with Gasteiger partial charge in [-0.05, 0) is 24.8 Å². The van der Waals surface area contributed by atoms with Gasteiger partial charge >= 0.3 is 0 Å². The monoisotopic (exact) mass is 207 g/mol. The molecule has 0 aliphatic carbocycles. The van der Waals surface area contributed by atoms with Crippen LogP contribution < -0.4 is 5.73 Å². The second kappa shape index (κ2) is 9.25. The van der Waals surface area contributed by atoms with E-state index in [2.05, 4.69) is 13.2 Å². The van der Waals surface area contributed by atoms with Crippen LogP contribution in [0, 0.1) is 0 Å². The maximum atomic E-state index is 10.5. The molecule has 0 bridgehead atoms. The number of amides is 1. The van der Waals surface area contributed by atoms with E-state index in [4.69, 9.17) is 5.73 Å². The van der Waals surface area contributed by atoms with Gasteiger partial charge in [0.25, 0.3) is 0 Å². The number of carbonyl (C=O) groups excluding carboxylic acids is 1. The van der Waals surface area contributed by atoms with Crippen molar-refractivity contribution in [2.24, 2.45) is 5.73 Å². The standard InChI is InChI=1S/C13H21NO/c1-3-9-12(4-2)10-7-5-6-8-11-13(14)15/h3-4,9H,1-2,5-8,10-11H2,(H2,14,15)/b12-9+. The van der Waals surface area contributed by atoms with Crippen LogP contribution >= 0.6 is 0 Å². The summed E-state index contributed by atoms with van der Waals surface area (Å²) in [6.07, 6.45) is 11.4. The van der Waals surface area contributed by atoms with Crippen molar-refractivity contribution in [3.05, 3.63) is 37.0 Å². The highest BCUT2D eigenvalue weighted by atomic mass is 16.1. The van der Waals surface area contributed by atoms with Crippen molar-refractivity contribution in [1.82, 2.24) is 0 Å². The van der Waals surface area contributed by atoms with Crippen molar-refractivity contribution < 1.29 is 4.79 Å². The lowest BCUT2D eigenvalue weighted by atomic mass is 10.1. The largest absolute Gasteiger partial charge is 0.370 e. The predicted octanol–water partition coefficient (Wildman–Crippen LogP) is 3.11. The summed E-state index contributed by atoms with van der Waals surface area (Å²) in [4.78, 5) is 10.5. The summed E-state index contributed by atoms with van der Waals surface area (Å²) in [6.45, 7) is 7.39. The number of rotatable bonds is 9. The second-order valence-electron chi connectivity index (χ2n) is 3.56.